The monoisotopic (exact) mass is 476 g/mol. The molecule has 0 spiro atoms. The average Bonchev–Trinajstić information content (AvgIpc) is 3.08. The van der Waals surface area contributed by atoms with Gasteiger partial charge in [-0.2, -0.15) is 0 Å². The van der Waals surface area contributed by atoms with Gasteiger partial charge >= 0.3 is 0 Å². The predicted octanol–water partition coefficient (Wildman–Crippen LogP) is 8.44. The van der Waals surface area contributed by atoms with E-state index >= 15 is 0 Å². The highest BCUT2D eigenvalue weighted by Crippen LogP contribution is 2.68. The molecule has 0 amide bonds. The lowest BCUT2D eigenvalue weighted by molar-refractivity contribution is -0.127. The average molecular weight is 477 g/mol. The molecule has 1 N–H and O–H groups in total. The van der Waals surface area contributed by atoms with Gasteiger partial charge in [-0.1, -0.05) is 41.5 Å². The van der Waals surface area contributed by atoms with Crippen LogP contribution in [0, 0.1) is 46.3 Å². The lowest BCUT2D eigenvalue weighted by atomic mass is 9.44. The topological polar surface area (TPSA) is 29.5 Å². The number of fused-ring (bicyclic) bond motifs is 5. The molecular formula is C30H56O2Si. The SMILES string of the molecule is CC(CCCO)[C@H]1CCC2C3CCC4C[C@H](O[Si](C)(C)C(C)(C)C)CC[C@]4(C)C3CC[C@@]21C. The fourth-order valence-electron chi connectivity index (χ4n) is 9.51. The summed E-state index contributed by atoms with van der Waals surface area (Å²) in [7, 11) is -1.68. The fourth-order valence-corrected chi connectivity index (χ4v) is 10.9. The van der Waals surface area contributed by atoms with Crippen LogP contribution in [0.25, 0.3) is 0 Å². The molecule has 4 saturated carbocycles. The molecule has 192 valence electrons. The smallest absolute Gasteiger partial charge is 0.192 e. The summed E-state index contributed by atoms with van der Waals surface area (Å²) in [4.78, 5) is 0. The molecule has 4 rings (SSSR count). The summed E-state index contributed by atoms with van der Waals surface area (Å²) in [6.45, 7) is 20.3. The lowest BCUT2D eigenvalue weighted by Crippen LogP contribution is -2.55. The molecular weight excluding hydrogens is 420 g/mol. The first kappa shape index (κ1) is 26.2. The van der Waals surface area contributed by atoms with Crippen LogP contribution in [-0.2, 0) is 4.43 Å². The summed E-state index contributed by atoms with van der Waals surface area (Å²) in [5, 5.41) is 9.67. The number of hydrogen-bond donors (Lipinski definition) is 1. The van der Waals surface area contributed by atoms with Gasteiger partial charge in [-0.15, -0.1) is 0 Å². The van der Waals surface area contributed by atoms with Crippen molar-refractivity contribution in [1.82, 2.24) is 0 Å². The second-order valence-electron chi connectivity index (χ2n) is 15.0. The van der Waals surface area contributed by atoms with E-state index in [9.17, 15) is 5.11 Å². The van der Waals surface area contributed by atoms with Gasteiger partial charge in [0, 0.05) is 12.7 Å². The highest BCUT2D eigenvalue weighted by molar-refractivity contribution is 6.74. The van der Waals surface area contributed by atoms with Crippen molar-refractivity contribution < 1.29 is 9.53 Å². The molecule has 0 saturated heterocycles. The van der Waals surface area contributed by atoms with Crippen LogP contribution in [0.4, 0.5) is 0 Å². The first-order valence-corrected chi connectivity index (χ1v) is 17.5. The molecule has 0 bridgehead atoms. The Morgan fingerprint density at radius 1 is 0.939 bits per heavy atom. The molecule has 0 aliphatic heterocycles. The Labute approximate surface area is 207 Å². The Kier molecular flexibility index (Phi) is 7.32. The van der Waals surface area contributed by atoms with Gasteiger partial charge in [0.05, 0.1) is 0 Å². The molecule has 5 unspecified atom stereocenters. The third-order valence-corrected chi connectivity index (χ3v) is 17.0. The van der Waals surface area contributed by atoms with E-state index in [4.69, 9.17) is 4.43 Å². The first-order valence-electron chi connectivity index (χ1n) is 14.6. The van der Waals surface area contributed by atoms with E-state index in [2.05, 4.69) is 54.6 Å². The Morgan fingerprint density at radius 2 is 1.61 bits per heavy atom. The van der Waals surface area contributed by atoms with Crippen molar-refractivity contribution in [2.24, 2.45) is 46.3 Å². The van der Waals surface area contributed by atoms with E-state index in [0.717, 1.165) is 41.9 Å². The van der Waals surface area contributed by atoms with Crippen LogP contribution in [0.15, 0.2) is 0 Å². The lowest BCUT2D eigenvalue weighted by Gasteiger charge is -2.61. The maximum atomic E-state index is 9.36. The summed E-state index contributed by atoms with van der Waals surface area (Å²) in [5.41, 5.74) is 1.11. The van der Waals surface area contributed by atoms with Crippen LogP contribution < -0.4 is 0 Å². The van der Waals surface area contributed by atoms with Gasteiger partial charge in [-0.3, -0.25) is 0 Å². The summed E-state index contributed by atoms with van der Waals surface area (Å²) < 4.78 is 6.95. The molecule has 0 aromatic rings. The van der Waals surface area contributed by atoms with Crippen molar-refractivity contribution in [2.75, 3.05) is 6.61 Å². The van der Waals surface area contributed by atoms with E-state index < -0.39 is 8.32 Å². The van der Waals surface area contributed by atoms with Gasteiger partial charge in [-0.05, 0) is 135 Å². The van der Waals surface area contributed by atoms with E-state index in [1.165, 1.54) is 64.2 Å². The maximum Gasteiger partial charge on any atom is 0.192 e. The molecule has 0 aromatic heterocycles. The fraction of sp³-hybridized carbons (Fsp3) is 1.00. The molecule has 4 aliphatic carbocycles. The van der Waals surface area contributed by atoms with Crippen molar-refractivity contribution in [2.45, 2.75) is 136 Å². The number of hydrogen-bond acceptors (Lipinski definition) is 2. The molecule has 0 radical (unpaired) electrons. The number of rotatable bonds is 6. The van der Waals surface area contributed by atoms with Gasteiger partial charge in [-0.25, -0.2) is 0 Å². The zero-order valence-corrected chi connectivity index (χ0v) is 24.4. The minimum absolute atomic E-state index is 0.312. The predicted molar refractivity (Wildman–Crippen MR) is 143 cm³/mol. The van der Waals surface area contributed by atoms with Crippen molar-refractivity contribution in [3.8, 4) is 0 Å². The molecule has 33 heavy (non-hydrogen) atoms. The third kappa shape index (κ3) is 4.55. The molecule has 0 heterocycles. The van der Waals surface area contributed by atoms with Crippen molar-refractivity contribution in [3.05, 3.63) is 0 Å². The van der Waals surface area contributed by atoms with Gasteiger partial charge in [0.1, 0.15) is 0 Å². The van der Waals surface area contributed by atoms with Crippen LogP contribution in [-0.4, -0.2) is 26.1 Å². The van der Waals surface area contributed by atoms with Gasteiger partial charge < -0.3 is 9.53 Å². The number of aliphatic hydroxyl groups excluding tert-OH is 1. The summed E-state index contributed by atoms with van der Waals surface area (Å²) in [6, 6.07) is 0. The van der Waals surface area contributed by atoms with Crippen molar-refractivity contribution >= 4 is 8.32 Å². The molecule has 4 fully saturated rings. The zero-order valence-electron chi connectivity index (χ0n) is 23.4. The van der Waals surface area contributed by atoms with Crippen LogP contribution in [0.1, 0.15) is 112 Å². The van der Waals surface area contributed by atoms with Crippen LogP contribution in [0.5, 0.6) is 0 Å². The quantitative estimate of drug-likeness (QED) is 0.390. The Balaban J connectivity index is 1.45. The summed E-state index contributed by atoms with van der Waals surface area (Å²) >= 11 is 0. The number of aliphatic hydroxyl groups is 1. The van der Waals surface area contributed by atoms with E-state index in [1.54, 1.807) is 0 Å². The molecule has 4 aliphatic rings. The van der Waals surface area contributed by atoms with Crippen LogP contribution in [0.3, 0.4) is 0 Å². The summed E-state index contributed by atoms with van der Waals surface area (Å²) in [5.74, 6) is 5.42. The molecule has 3 heteroatoms. The van der Waals surface area contributed by atoms with E-state index in [1.807, 2.05) is 0 Å². The third-order valence-electron chi connectivity index (χ3n) is 12.5. The van der Waals surface area contributed by atoms with Crippen molar-refractivity contribution in [3.63, 3.8) is 0 Å². The van der Waals surface area contributed by atoms with Crippen molar-refractivity contribution in [1.29, 1.82) is 0 Å². The zero-order chi connectivity index (χ0) is 24.2. The van der Waals surface area contributed by atoms with Gasteiger partial charge in [0.25, 0.3) is 0 Å². The molecule has 9 atom stereocenters. The second kappa shape index (κ2) is 9.22. The highest BCUT2D eigenvalue weighted by Gasteiger charge is 2.60. The Hall–Kier alpha value is 0.137. The van der Waals surface area contributed by atoms with E-state index in [-0.39, 0.29) is 0 Å². The van der Waals surface area contributed by atoms with Gasteiger partial charge in [0.15, 0.2) is 8.32 Å². The minimum atomic E-state index is -1.68. The maximum absolute atomic E-state index is 9.36. The van der Waals surface area contributed by atoms with Crippen LogP contribution >= 0.6 is 0 Å². The largest absolute Gasteiger partial charge is 0.414 e. The highest BCUT2D eigenvalue weighted by atomic mass is 28.4. The Morgan fingerprint density at radius 3 is 2.27 bits per heavy atom. The summed E-state index contributed by atoms with van der Waals surface area (Å²) in [6.07, 6.45) is 15.5. The molecule has 2 nitrogen and oxygen atoms in total. The Bertz CT molecular complexity index is 683. The van der Waals surface area contributed by atoms with Crippen LogP contribution in [0.2, 0.25) is 18.1 Å². The normalized spacial score (nSPS) is 44.6. The first-order chi connectivity index (χ1) is 15.3. The van der Waals surface area contributed by atoms with E-state index in [0.29, 0.717) is 28.6 Å². The standard InChI is InChI=1S/C30H56O2Si/c1-21(10-9-19-31)25-13-14-26-24-12-11-22-20-23(32-33(7,8)28(2,3)4)15-17-29(22,5)27(24)16-18-30(25,26)6/h21-27,31H,9-20H2,1-8H3/t21?,22?,23-,24?,25-,26?,27?,29+,30-/m1/s1. The van der Waals surface area contributed by atoms with Gasteiger partial charge in [0.2, 0.25) is 0 Å². The molecule has 0 aromatic carbocycles. The second-order valence-corrected chi connectivity index (χ2v) is 19.8. The minimum Gasteiger partial charge on any atom is -0.414 e.